The van der Waals surface area contributed by atoms with Crippen molar-refractivity contribution >= 4 is 11.9 Å². The molecule has 1 aliphatic rings. The van der Waals surface area contributed by atoms with Crippen molar-refractivity contribution in [1.29, 1.82) is 0 Å². The topological polar surface area (TPSA) is 78.9 Å². The first-order chi connectivity index (χ1) is 11.2. The van der Waals surface area contributed by atoms with Gasteiger partial charge in [-0.1, -0.05) is 26.0 Å². The van der Waals surface area contributed by atoms with Crippen molar-refractivity contribution < 1.29 is 19.4 Å². The van der Waals surface area contributed by atoms with Gasteiger partial charge >= 0.3 is 5.97 Å². The van der Waals surface area contributed by atoms with E-state index >= 15 is 0 Å². The maximum atomic E-state index is 12.4. The van der Waals surface area contributed by atoms with Crippen LogP contribution < -0.4 is 10.1 Å². The number of amides is 1. The van der Waals surface area contributed by atoms with E-state index in [1.165, 1.54) is 0 Å². The molecule has 1 aromatic rings. The zero-order valence-corrected chi connectivity index (χ0v) is 14.9. The van der Waals surface area contributed by atoms with Gasteiger partial charge in [0.15, 0.2) is 0 Å². The molecular weight excluding hydrogens is 308 g/mol. The molecule has 2 N–H and O–H groups in total. The van der Waals surface area contributed by atoms with Gasteiger partial charge in [0, 0.05) is 6.54 Å². The fourth-order valence-electron chi connectivity index (χ4n) is 3.32. The number of ether oxygens (including phenoxy) is 1. The summed E-state index contributed by atoms with van der Waals surface area (Å²) in [5.74, 6) is -1.37. The van der Waals surface area contributed by atoms with Gasteiger partial charge in [0.05, 0.1) is 25.0 Å². The molecule has 0 spiro atoms. The Balaban J connectivity index is 2.02. The van der Waals surface area contributed by atoms with Gasteiger partial charge in [0.1, 0.15) is 5.75 Å². The minimum absolute atomic E-state index is 0.00463. The average Bonchev–Trinajstić information content (AvgIpc) is 3.10. The minimum atomic E-state index is -0.903. The average molecular weight is 334 g/mol. The third-order valence-corrected chi connectivity index (χ3v) is 4.97. The van der Waals surface area contributed by atoms with E-state index in [4.69, 9.17) is 4.74 Å². The summed E-state index contributed by atoms with van der Waals surface area (Å²) in [5.41, 5.74) is 0.579. The van der Waals surface area contributed by atoms with Gasteiger partial charge < -0.3 is 20.1 Å². The van der Waals surface area contributed by atoms with Crippen LogP contribution in [0.25, 0.3) is 0 Å². The molecule has 1 aliphatic carbocycles. The number of carbonyl (C=O) groups is 2. The van der Waals surface area contributed by atoms with Crippen LogP contribution in [0.4, 0.5) is 0 Å². The van der Waals surface area contributed by atoms with Crippen molar-refractivity contribution in [2.45, 2.75) is 19.9 Å². The van der Waals surface area contributed by atoms with Gasteiger partial charge in [0.2, 0.25) is 5.91 Å². The van der Waals surface area contributed by atoms with Crippen molar-refractivity contribution in [1.82, 2.24) is 10.2 Å². The highest BCUT2D eigenvalue weighted by molar-refractivity contribution is 5.91. The molecule has 0 heterocycles. The lowest BCUT2D eigenvalue weighted by molar-refractivity contribution is -0.140. The van der Waals surface area contributed by atoms with Crippen molar-refractivity contribution in [3.63, 3.8) is 0 Å². The first kappa shape index (κ1) is 18.3. The Morgan fingerprint density at radius 1 is 1.25 bits per heavy atom. The number of nitrogens with one attached hydrogen (secondary N) is 1. The molecule has 132 valence electrons. The lowest BCUT2D eigenvalue weighted by atomic mass is 10.1. The smallest absolute Gasteiger partial charge is 0.307 e. The number of carboxylic acids is 1. The normalized spacial score (nSPS) is 22.8. The summed E-state index contributed by atoms with van der Waals surface area (Å²) in [7, 11) is 5.51. The van der Waals surface area contributed by atoms with E-state index in [-0.39, 0.29) is 11.9 Å². The number of hydrogen-bond acceptors (Lipinski definition) is 4. The third-order valence-electron chi connectivity index (χ3n) is 4.97. The van der Waals surface area contributed by atoms with Crippen LogP contribution in [0, 0.1) is 17.3 Å². The summed E-state index contributed by atoms with van der Waals surface area (Å²) in [5, 5.41) is 12.1. The molecule has 0 aromatic heterocycles. The Kier molecular flexibility index (Phi) is 5.18. The molecule has 1 aromatic carbocycles. The van der Waals surface area contributed by atoms with Crippen LogP contribution in [0.1, 0.15) is 25.5 Å². The Hall–Kier alpha value is -2.08. The second-order valence-electron chi connectivity index (χ2n) is 7.11. The molecule has 24 heavy (non-hydrogen) atoms. The van der Waals surface area contributed by atoms with Gasteiger partial charge in [-0.3, -0.25) is 9.59 Å². The molecule has 0 bridgehead atoms. The van der Waals surface area contributed by atoms with Crippen LogP contribution in [0.5, 0.6) is 5.75 Å². The lowest BCUT2D eigenvalue weighted by Gasteiger charge is -2.25. The molecule has 1 saturated carbocycles. The van der Waals surface area contributed by atoms with E-state index in [1.54, 1.807) is 7.11 Å². The maximum Gasteiger partial charge on any atom is 0.307 e. The Morgan fingerprint density at radius 2 is 1.83 bits per heavy atom. The van der Waals surface area contributed by atoms with Crippen LogP contribution in [0.15, 0.2) is 24.3 Å². The van der Waals surface area contributed by atoms with Crippen LogP contribution in [-0.4, -0.2) is 49.6 Å². The van der Waals surface area contributed by atoms with Crippen molar-refractivity contribution in [3.05, 3.63) is 29.8 Å². The molecule has 2 rings (SSSR count). The highest BCUT2D eigenvalue weighted by Gasteiger charge is 2.65. The molecule has 0 saturated heterocycles. The first-order valence-corrected chi connectivity index (χ1v) is 8.01. The van der Waals surface area contributed by atoms with E-state index in [9.17, 15) is 14.7 Å². The summed E-state index contributed by atoms with van der Waals surface area (Å²) in [6.45, 7) is 4.07. The SMILES string of the molecule is COc1ccc([C@@H](CNC(=O)[C@H]2[C@H](C(=O)O)C2(C)C)N(C)C)cc1. The first-order valence-electron chi connectivity index (χ1n) is 8.01. The van der Waals surface area contributed by atoms with Crippen molar-refractivity contribution in [2.75, 3.05) is 27.7 Å². The van der Waals surface area contributed by atoms with Crippen LogP contribution in [0.2, 0.25) is 0 Å². The number of nitrogens with zero attached hydrogens (tertiary/aromatic N) is 1. The maximum absolute atomic E-state index is 12.4. The summed E-state index contributed by atoms with van der Waals surface area (Å²) in [4.78, 5) is 25.6. The predicted molar refractivity (Wildman–Crippen MR) is 90.8 cm³/mol. The number of aliphatic carboxylic acids is 1. The number of hydrogen-bond donors (Lipinski definition) is 2. The predicted octanol–water partition coefficient (Wildman–Crippen LogP) is 1.77. The van der Waals surface area contributed by atoms with Crippen LogP contribution in [0.3, 0.4) is 0 Å². The molecule has 1 fully saturated rings. The van der Waals surface area contributed by atoms with Crippen LogP contribution >= 0.6 is 0 Å². The van der Waals surface area contributed by atoms with Crippen LogP contribution in [-0.2, 0) is 9.59 Å². The van der Waals surface area contributed by atoms with Gasteiger partial charge in [-0.2, -0.15) is 0 Å². The van der Waals surface area contributed by atoms with Gasteiger partial charge in [-0.25, -0.2) is 0 Å². The van der Waals surface area contributed by atoms with E-state index in [0.717, 1.165) is 11.3 Å². The highest BCUT2D eigenvalue weighted by Crippen LogP contribution is 2.58. The molecule has 0 radical (unpaired) electrons. The third kappa shape index (κ3) is 3.53. The number of rotatable bonds is 7. The molecule has 6 heteroatoms. The quantitative estimate of drug-likeness (QED) is 0.794. The standard InChI is InChI=1S/C18H26N2O4/c1-18(2)14(15(18)17(22)23)16(21)19-10-13(20(3)4)11-6-8-12(24-5)9-7-11/h6-9,13-15H,10H2,1-5H3,(H,19,21)(H,22,23)/t13-,14-,15-/m1/s1. The minimum Gasteiger partial charge on any atom is -0.497 e. The molecule has 1 amide bonds. The van der Waals surface area contributed by atoms with E-state index in [2.05, 4.69) is 5.32 Å². The largest absolute Gasteiger partial charge is 0.497 e. The second kappa shape index (κ2) is 6.81. The molecule has 3 atom stereocenters. The van der Waals surface area contributed by atoms with Crippen molar-refractivity contribution in [2.24, 2.45) is 17.3 Å². The molecule has 0 aliphatic heterocycles. The Morgan fingerprint density at radius 3 is 2.25 bits per heavy atom. The zero-order chi connectivity index (χ0) is 18.1. The number of benzene rings is 1. The number of carbonyl (C=O) groups excluding carboxylic acids is 1. The molecular formula is C18H26N2O4. The zero-order valence-electron chi connectivity index (χ0n) is 14.9. The van der Waals surface area contributed by atoms with Crippen molar-refractivity contribution in [3.8, 4) is 5.75 Å². The van der Waals surface area contributed by atoms with Gasteiger partial charge in [-0.05, 0) is 37.2 Å². The highest BCUT2D eigenvalue weighted by atomic mass is 16.5. The van der Waals surface area contributed by atoms with Gasteiger partial charge in [0.25, 0.3) is 0 Å². The summed E-state index contributed by atoms with van der Waals surface area (Å²) >= 11 is 0. The summed E-state index contributed by atoms with van der Waals surface area (Å²) in [6, 6.07) is 7.72. The molecule has 0 unspecified atom stereocenters. The van der Waals surface area contributed by atoms with E-state index in [0.29, 0.717) is 6.54 Å². The Labute approximate surface area is 142 Å². The molecule has 6 nitrogen and oxygen atoms in total. The number of carboxylic acid groups (broad SMARTS) is 1. The number of likely N-dealkylation sites (N-methyl/N-ethyl adjacent to an activating group) is 1. The number of methoxy groups -OCH3 is 1. The monoisotopic (exact) mass is 334 g/mol. The summed E-state index contributed by atoms with van der Waals surface area (Å²) < 4.78 is 5.17. The lowest BCUT2D eigenvalue weighted by Crippen LogP contribution is -2.36. The van der Waals surface area contributed by atoms with E-state index < -0.39 is 23.2 Å². The Bertz CT molecular complexity index is 610. The second-order valence-corrected chi connectivity index (χ2v) is 7.11. The fraction of sp³-hybridized carbons (Fsp3) is 0.556. The van der Waals surface area contributed by atoms with Gasteiger partial charge in [-0.15, -0.1) is 0 Å². The fourth-order valence-corrected chi connectivity index (χ4v) is 3.32. The van der Waals surface area contributed by atoms with E-state index in [1.807, 2.05) is 57.1 Å². The summed E-state index contributed by atoms with van der Waals surface area (Å²) in [6.07, 6.45) is 0.